The maximum Gasteiger partial charge on any atom is 0.335 e. The second kappa shape index (κ2) is 3.64. The van der Waals surface area contributed by atoms with Crippen molar-refractivity contribution in [3.63, 3.8) is 0 Å². The molecular weight excluding hydrogens is 202 g/mol. The number of hydrogen-bond acceptors (Lipinski definition) is 3. The summed E-state index contributed by atoms with van der Waals surface area (Å²) in [6.45, 7) is -2.69. The molecule has 0 bridgehead atoms. The van der Waals surface area contributed by atoms with Crippen molar-refractivity contribution in [3.8, 4) is 11.4 Å². The fourth-order valence-electron chi connectivity index (χ4n) is 1.23. The molecule has 1 aromatic heterocycles. The van der Waals surface area contributed by atoms with Gasteiger partial charge in [-0.25, -0.2) is 4.98 Å². The zero-order valence-corrected chi connectivity index (χ0v) is 7.64. The minimum Gasteiger partial charge on any atom is -0.399 e. The average molecular weight is 210 g/mol. The largest absolute Gasteiger partial charge is 0.399 e. The second-order valence-electron chi connectivity index (χ2n) is 2.93. The summed E-state index contributed by atoms with van der Waals surface area (Å²) >= 11 is 0. The minimum atomic E-state index is -2.69. The summed E-state index contributed by atoms with van der Waals surface area (Å²) < 4.78 is 25.5. The summed E-state index contributed by atoms with van der Waals surface area (Å²) in [5.74, 6) is 0.130. The van der Waals surface area contributed by atoms with Crippen LogP contribution in [-0.4, -0.2) is 14.8 Å². The number of benzene rings is 1. The van der Waals surface area contributed by atoms with Gasteiger partial charge < -0.3 is 5.73 Å². The summed E-state index contributed by atoms with van der Waals surface area (Å²) in [4.78, 5) is 3.77. The van der Waals surface area contributed by atoms with Gasteiger partial charge in [0.25, 0.3) is 0 Å². The van der Waals surface area contributed by atoms with Crippen molar-refractivity contribution in [2.75, 3.05) is 5.73 Å². The van der Waals surface area contributed by atoms with Gasteiger partial charge in [-0.05, 0) is 24.3 Å². The lowest BCUT2D eigenvalue weighted by molar-refractivity contribution is 0.0582. The molecule has 1 heterocycles. The molecule has 6 heteroatoms. The number of rotatable bonds is 2. The van der Waals surface area contributed by atoms with Gasteiger partial charge in [-0.2, -0.15) is 18.6 Å². The van der Waals surface area contributed by atoms with Gasteiger partial charge in [0.1, 0.15) is 6.33 Å². The molecule has 0 saturated heterocycles. The topological polar surface area (TPSA) is 56.7 Å². The monoisotopic (exact) mass is 210 g/mol. The van der Waals surface area contributed by atoms with E-state index in [9.17, 15) is 8.78 Å². The molecule has 0 aliphatic rings. The lowest BCUT2D eigenvalue weighted by atomic mass is 10.2. The van der Waals surface area contributed by atoms with Crippen molar-refractivity contribution in [2.24, 2.45) is 0 Å². The highest BCUT2D eigenvalue weighted by Gasteiger charge is 2.14. The Morgan fingerprint density at radius 1 is 1.20 bits per heavy atom. The van der Waals surface area contributed by atoms with Crippen LogP contribution in [0.25, 0.3) is 11.4 Å². The molecule has 4 nitrogen and oxygen atoms in total. The van der Waals surface area contributed by atoms with E-state index in [1.807, 2.05) is 0 Å². The van der Waals surface area contributed by atoms with Crippen LogP contribution < -0.4 is 5.73 Å². The van der Waals surface area contributed by atoms with Crippen LogP contribution in [-0.2, 0) is 0 Å². The van der Waals surface area contributed by atoms with Gasteiger partial charge >= 0.3 is 6.55 Å². The van der Waals surface area contributed by atoms with Crippen molar-refractivity contribution >= 4 is 5.69 Å². The number of nitrogen functional groups attached to an aromatic ring is 1. The Morgan fingerprint density at radius 2 is 1.87 bits per heavy atom. The molecule has 2 rings (SSSR count). The molecule has 2 N–H and O–H groups in total. The van der Waals surface area contributed by atoms with Crippen molar-refractivity contribution in [2.45, 2.75) is 6.55 Å². The number of nitrogens with zero attached hydrogens (tertiary/aromatic N) is 3. The van der Waals surface area contributed by atoms with Crippen molar-refractivity contribution in [1.82, 2.24) is 14.8 Å². The predicted molar refractivity (Wildman–Crippen MR) is 51.1 cm³/mol. The van der Waals surface area contributed by atoms with E-state index in [-0.39, 0.29) is 5.82 Å². The molecule has 0 unspecified atom stereocenters. The minimum absolute atomic E-state index is 0.130. The summed E-state index contributed by atoms with van der Waals surface area (Å²) in [5, 5.41) is 3.44. The third kappa shape index (κ3) is 1.78. The zero-order valence-electron chi connectivity index (χ0n) is 7.64. The highest BCUT2D eigenvalue weighted by atomic mass is 19.3. The van der Waals surface area contributed by atoms with Gasteiger partial charge in [0.05, 0.1) is 0 Å². The van der Waals surface area contributed by atoms with Crippen molar-refractivity contribution < 1.29 is 8.78 Å². The van der Waals surface area contributed by atoms with Gasteiger partial charge in [-0.3, -0.25) is 0 Å². The third-order valence-corrected chi connectivity index (χ3v) is 1.93. The molecule has 0 saturated carbocycles. The van der Waals surface area contributed by atoms with E-state index in [1.54, 1.807) is 24.3 Å². The lowest BCUT2D eigenvalue weighted by Crippen LogP contribution is -2.02. The molecule has 0 aliphatic heterocycles. The number of hydrogen-bond donors (Lipinski definition) is 1. The zero-order chi connectivity index (χ0) is 10.8. The van der Waals surface area contributed by atoms with E-state index in [4.69, 9.17) is 5.73 Å². The van der Waals surface area contributed by atoms with E-state index in [0.717, 1.165) is 6.33 Å². The normalized spacial score (nSPS) is 10.9. The van der Waals surface area contributed by atoms with Crippen LogP contribution in [0.4, 0.5) is 14.5 Å². The Bertz CT molecular complexity index is 449. The Morgan fingerprint density at radius 3 is 2.47 bits per heavy atom. The molecule has 0 aliphatic carbocycles. The molecule has 0 fully saturated rings. The Hall–Kier alpha value is -1.98. The van der Waals surface area contributed by atoms with E-state index < -0.39 is 6.55 Å². The second-order valence-corrected chi connectivity index (χ2v) is 2.93. The molecule has 0 amide bonds. The summed E-state index contributed by atoms with van der Waals surface area (Å²) in [6.07, 6.45) is 1.10. The van der Waals surface area contributed by atoms with Crippen LogP contribution >= 0.6 is 0 Å². The van der Waals surface area contributed by atoms with Crippen LogP contribution in [0.2, 0.25) is 0 Å². The maximum atomic E-state index is 12.5. The quantitative estimate of drug-likeness (QED) is 0.770. The first kappa shape index (κ1) is 9.57. The van der Waals surface area contributed by atoms with Gasteiger partial charge in [-0.1, -0.05) is 0 Å². The Labute approximate surface area is 84.4 Å². The van der Waals surface area contributed by atoms with Crippen LogP contribution in [0.3, 0.4) is 0 Å². The smallest absolute Gasteiger partial charge is 0.335 e. The van der Waals surface area contributed by atoms with Gasteiger partial charge in [0.15, 0.2) is 5.82 Å². The van der Waals surface area contributed by atoms with Gasteiger partial charge in [-0.15, -0.1) is 0 Å². The number of alkyl halides is 2. The molecular formula is C9H8F2N4. The summed E-state index contributed by atoms with van der Waals surface area (Å²) in [5.41, 5.74) is 6.62. The lowest BCUT2D eigenvalue weighted by Gasteiger charge is -2.04. The van der Waals surface area contributed by atoms with Crippen LogP contribution in [0, 0.1) is 0 Å². The Kier molecular flexibility index (Phi) is 2.32. The fraction of sp³-hybridized carbons (Fsp3) is 0.111. The fourth-order valence-corrected chi connectivity index (χ4v) is 1.23. The molecule has 1 aromatic carbocycles. The highest BCUT2D eigenvalue weighted by Crippen LogP contribution is 2.21. The van der Waals surface area contributed by atoms with E-state index in [1.165, 1.54) is 0 Å². The average Bonchev–Trinajstić information content (AvgIpc) is 2.67. The molecule has 0 spiro atoms. The number of anilines is 1. The van der Waals surface area contributed by atoms with Crippen LogP contribution in [0.1, 0.15) is 6.55 Å². The molecule has 15 heavy (non-hydrogen) atoms. The van der Waals surface area contributed by atoms with E-state index in [0.29, 0.717) is 15.9 Å². The predicted octanol–water partition coefficient (Wildman–Crippen LogP) is 1.92. The first-order valence-electron chi connectivity index (χ1n) is 4.22. The van der Waals surface area contributed by atoms with E-state index in [2.05, 4.69) is 10.1 Å². The van der Waals surface area contributed by atoms with Gasteiger partial charge in [0, 0.05) is 11.3 Å². The summed E-state index contributed by atoms with van der Waals surface area (Å²) in [6, 6.07) is 6.50. The number of nitrogens with two attached hydrogens (primary N) is 1. The molecule has 2 aromatic rings. The van der Waals surface area contributed by atoms with Gasteiger partial charge in [0.2, 0.25) is 0 Å². The standard InChI is InChI=1S/C9H8F2N4/c10-9(11)15-8(13-5-14-15)6-1-3-7(12)4-2-6/h1-5,9H,12H2. The van der Waals surface area contributed by atoms with Crippen molar-refractivity contribution in [3.05, 3.63) is 30.6 Å². The number of halogens is 2. The maximum absolute atomic E-state index is 12.5. The summed E-state index contributed by atoms with van der Waals surface area (Å²) in [7, 11) is 0. The molecule has 0 atom stereocenters. The Balaban J connectivity index is 2.45. The number of aromatic nitrogens is 3. The van der Waals surface area contributed by atoms with Crippen LogP contribution in [0.5, 0.6) is 0 Å². The van der Waals surface area contributed by atoms with Crippen molar-refractivity contribution in [1.29, 1.82) is 0 Å². The molecule has 78 valence electrons. The highest BCUT2D eigenvalue weighted by molar-refractivity contribution is 5.58. The van der Waals surface area contributed by atoms with E-state index >= 15 is 0 Å². The first-order valence-corrected chi connectivity index (χ1v) is 4.22. The molecule has 0 radical (unpaired) electrons. The van der Waals surface area contributed by atoms with Crippen LogP contribution in [0.15, 0.2) is 30.6 Å². The third-order valence-electron chi connectivity index (χ3n) is 1.93. The SMILES string of the molecule is Nc1ccc(-c2ncnn2C(F)F)cc1. The first-order chi connectivity index (χ1) is 7.18.